The second-order valence-corrected chi connectivity index (χ2v) is 3.42. The van der Waals surface area contributed by atoms with E-state index in [1.165, 1.54) is 24.9 Å². The van der Waals surface area contributed by atoms with Crippen LogP contribution < -0.4 is 0 Å². The summed E-state index contributed by atoms with van der Waals surface area (Å²) in [4.78, 5) is 8.51. The van der Waals surface area contributed by atoms with Gasteiger partial charge in [0.25, 0.3) is 0 Å². The van der Waals surface area contributed by atoms with Gasteiger partial charge in [-0.3, -0.25) is 9.88 Å². The number of nitrogens with zero attached hydrogens (tertiary/aromatic N) is 2. The van der Waals surface area contributed by atoms with Crippen molar-refractivity contribution < 1.29 is 0 Å². The summed E-state index contributed by atoms with van der Waals surface area (Å²) in [7, 11) is 2.19. The van der Waals surface area contributed by atoms with Crippen LogP contribution in [0.25, 0.3) is 0 Å². The molecule has 1 atom stereocenters. The first-order chi connectivity index (χ1) is 6.88. The van der Waals surface area contributed by atoms with Crippen LogP contribution in [-0.2, 0) is 0 Å². The van der Waals surface area contributed by atoms with Crippen molar-refractivity contribution in [3.05, 3.63) is 30.1 Å². The molecule has 0 bridgehead atoms. The molecule has 0 N–H and O–H groups in total. The van der Waals surface area contributed by atoms with Gasteiger partial charge < -0.3 is 0 Å². The molecule has 2 nitrogen and oxygen atoms in total. The molecular weight excluding hydrogens is 287 g/mol. The zero-order valence-electron chi connectivity index (χ0n) is 8.78. The first-order valence-electron chi connectivity index (χ1n) is 4.86. The van der Waals surface area contributed by atoms with E-state index in [1.54, 1.807) is 0 Å². The van der Waals surface area contributed by atoms with Crippen molar-refractivity contribution in [2.24, 2.45) is 0 Å². The van der Waals surface area contributed by atoms with Gasteiger partial charge in [-0.2, -0.15) is 0 Å². The summed E-state index contributed by atoms with van der Waals surface area (Å²) >= 11 is 2.15. The number of hydrogen-bond acceptors (Lipinski definition) is 2. The Morgan fingerprint density at radius 1 is 1.50 bits per heavy atom. The Labute approximate surface area is 99.9 Å². The smallest absolute Gasteiger partial charge is 0.0360 e. The van der Waals surface area contributed by atoms with Crippen LogP contribution in [-0.4, -0.2) is 28.4 Å². The molecule has 78 valence electrons. The maximum absolute atomic E-state index is 4.14. The third-order valence-electron chi connectivity index (χ3n) is 2.59. The predicted octanol–water partition coefficient (Wildman–Crippen LogP) is 2.90. The topological polar surface area (TPSA) is 16.1 Å². The second-order valence-electron chi connectivity index (χ2n) is 3.42. The van der Waals surface area contributed by atoms with E-state index in [9.17, 15) is 0 Å². The van der Waals surface area contributed by atoms with Gasteiger partial charge in [0.05, 0.1) is 0 Å². The highest BCUT2D eigenvalue weighted by molar-refractivity contribution is 14.1. The largest absolute Gasteiger partial charge is 0.299 e. The van der Waals surface area contributed by atoms with E-state index in [-0.39, 0.29) is 0 Å². The third kappa shape index (κ3) is 2.92. The highest BCUT2D eigenvalue weighted by Gasteiger charge is 2.21. The lowest BCUT2D eigenvalue weighted by Gasteiger charge is -2.18. The zero-order chi connectivity index (χ0) is 10.4. The lowest BCUT2D eigenvalue weighted by molar-refractivity contribution is 0.317. The molecule has 1 aliphatic heterocycles. The lowest BCUT2D eigenvalue weighted by Crippen LogP contribution is -2.17. The van der Waals surface area contributed by atoms with Crippen LogP contribution in [0.3, 0.4) is 0 Å². The van der Waals surface area contributed by atoms with Crippen molar-refractivity contribution >= 4 is 22.6 Å². The number of likely N-dealkylation sites (tertiary alicyclic amines) is 1. The summed E-state index contributed by atoms with van der Waals surface area (Å²) in [5.74, 6) is 0. The molecule has 14 heavy (non-hydrogen) atoms. The van der Waals surface area contributed by atoms with E-state index in [0.29, 0.717) is 6.04 Å². The van der Waals surface area contributed by atoms with E-state index in [0.717, 1.165) is 0 Å². The molecular formula is C11H17IN2. The average molecular weight is 304 g/mol. The van der Waals surface area contributed by atoms with Gasteiger partial charge in [-0.05, 0) is 43.0 Å². The molecule has 0 saturated carbocycles. The first-order valence-corrected chi connectivity index (χ1v) is 7.01. The van der Waals surface area contributed by atoms with Crippen LogP contribution in [0.5, 0.6) is 0 Å². The van der Waals surface area contributed by atoms with Gasteiger partial charge in [-0.15, -0.1) is 0 Å². The normalized spacial score (nSPS) is 21.5. The number of hydrogen-bond donors (Lipinski definition) is 0. The molecule has 0 amide bonds. The van der Waals surface area contributed by atoms with Gasteiger partial charge in [-0.1, -0.05) is 28.7 Å². The van der Waals surface area contributed by atoms with E-state index < -0.39 is 0 Å². The van der Waals surface area contributed by atoms with E-state index >= 15 is 0 Å². The Bertz CT molecular complexity index is 251. The molecule has 3 heteroatoms. The zero-order valence-corrected chi connectivity index (χ0v) is 10.9. The SMILES string of the molecule is CI.CN1CCC[C@H]1c1cccnc1. The van der Waals surface area contributed by atoms with Crippen molar-refractivity contribution in [2.75, 3.05) is 18.5 Å². The molecule has 0 unspecified atom stereocenters. The highest BCUT2D eigenvalue weighted by atomic mass is 127. The van der Waals surface area contributed by atoms with Gasteiger partial charge >= 0.3 is 0 Å². The monoisotopic (exact) mass is 304 g/mol. The molecule has 1 aliphatic rings. The average Bonchev–Trinajstić information content (AvgIpc) is 2.69. The minimum absolute atomic E-state index is 0.610. The maximum atomic E-state index is 4.14. The Balaban J connectivity index is 0.000000461. The van der Waals surface area contributed by atoms with Crippen molar-refractivity contribution in [2.45, 2.75) is 18.9 Å². The standard InChI is InChI=1S/C10H14N2.CH3I/c1-12-7-3-5-10(12)9-4-2-6-11-8-9;1-2/h2,4,6,8,10H,3,5,7H2,1H3;1H3/t10-;/m0./s1. The van der Waals surface area contributed by atoms with Gasteiger partial charge in [0.1, 0.15) is 0 Å². The summed E-state index contributed by atoms with van der Waals surface area (Å²) in [6.45, 7) is 1.22. The number of halogens is 1. The maximum Gasteiger partial charge on any atom is 0.0360 e. The second kappa shape index (κ2) is 6.35. The van der Waals surface area contributed by atoms with Gasteiger partial charge in [0.15, 0.2) is 0 Å². The van der Waals surface area contributed by atoms with Crippen molar-refractivity contribution in [1.82, 2.24) is 9.88 Å². The number of pyridine rings is 1. The van der Waals surface area contributed by atoms with E-state index in [2.05, 4.69) is 45.6 Å². The Morgan fingerprint density at radius 3 is 2.79 bits per heavy atom. The van der Waals surface area contributed by atoms with Crippen LogP contribution >= 0.6 is 22.6 Å². The minimum atomic E-state index is 0.610. The van der Waals surface area contributed by atoms with Gasteiger partial charge in [0, 0.05) is 18.4 Å². The molecule has 0 aromatic carbocycles. The molecule has 0 radical (unpaired) electrons. The molecule has 1 saturated heterocycles. The fraction of sp³-hybridized carbons (Fsp3) is 0.545. The van der Waals surface area contributed by atoms with Gasteiger partial charge in [-0.25, -0.2) is 0 Å². The highest BCUT2D eigenvalue weighted by Crippen LogP contribution is 2.29. The summed E-state index contributed by atoms with van der Waals surface area (Å²) in [5.41, 5.74) is 1.36. The molecule has 1 fully saturated rings. The van der Waals surface area contributed by atoms with Crippen LogP contribution in [0.4, 0.5) is 0 Å². The van der Waals surface area contributed by atoms with Crippen molar-refractivity contribution in [3.8, 4) is 0 Å². The fourth-order valence-electron chi connectivity index (χ4n) is 1.90. The third-order valence-corrected chi connectivity index (χ3v) is 2.59. The Morgan fingerprint density at radius 2 is 2.29 bits per heavy atom. The van der Waals surface area contributed by atoms with Crippen molar-refractivity contribution in [3.63, 3.8) is 0 Å². The lowest BCUT2D eigenvalue weighted by atomic mass is 10.1. The summed E-state index contributed by atoms with van der Waals surface area (Å²) in [5, 5.41) is 0. The number of rotatable bonds is 1. The Hall–Kier alpha value is -0.160. The fourth-order valence-corrected chi connectivity index (χ4v) is 1.90. The first kappa shape index (κ1) is 11.9. The number of aromatic nitrogens is 1. The number of alkyl halides is 1. The van der Waals surface area contributed by atoms with Gasteiger partial charge in [0.2, 0.25) is 0 Å². The molecule has 1 aromatic heterocycles. The molecule has 2 rings (SSSR count). The van der Waals surface area contributed by atoms with Crippen LogP contribution in [0, 0.1) is 0 Å². The summed E-state index contributed by atoms with van der Waals surface area (Å²) in [6.07, 6.45) is 6.41. The predicted molar refractivity (Wildman–Crippen MR) is 68.8 cm³/mol. The molecule has 1 aromatic rings. The van der Waals surface area contributed by atoms with E-state index in [1.807, 2.05) is 23.4 Å². The summed E-state index contributed by atoms with van der Waals surface area (Å²) in [6, 6.07) is 4.79. The Kier molecular flexibility index (Phi) is 5.40. The molecule has 0 aliphatic carbocycles. The van der Waals surface area contributed by atoms with Crippen LogP contribution in [0.2, 0.25) is 0 Å². The molecule has 0 spiro atoms. The van der Waals surface area contributed by atoms with E-state index in [4.69, 9.17) is 0 Å². The summed E-state index contributed by atoms with van der Waals surface area (Å²) < 4.78 is 0. The van der Waals surface area contributed by atoms with Crippen LogP contribution in [0.15, 0.2) is 24.5 Å². The molecule has 2 heterocycles. The van der Waals surface area contributed by atoms with Crippen molar-refractivity contribution in [1.29, 1.82) is 0 Å². The quantitative estimate of drug-likeness (QED) is 0.586. The van der Waals surface area contributed by atoms with Crippen LogP contribution in [0.1, 0.15) is 24.4 Å². The minimum Gasteiger partial charge on any atom is -0.299 e.